The largest absolute Gasteiger partial charge is 0.463 e. The smallest absolute Gasteiger partial charge is 0.302 e. The summed E-state index contributed by atoms with van der Waals surface area (Å²) < 4.78 is 12.8. The first-order valence-electron chi connectivity index (χ1n) is 9.48. The molecule has 1 fully saturated rings. The number of carbonyl (C=O) groups excluding carboxylic acids is 1. The second-order valence-corrected chi connectivity index (χ2v) is 6.80. The molecule has 6 heteroatoms. The number of benzene rings is 1. The number of rotatable bonds is 5. The van der Waals surface area contributed by atoms with Crippen LogP contribution in [0.5, 0.6) is 0 Å². The molecule has 2 heterocycles. The molecule has 1 saturated heterocycles. The van der Waals surface area contributed by atoms with Crippen LogP contribution in [-0.2, 0) is 14.3 Å². The Morgan fingerprint density at radius 1 is 1.39 bits per heavy atom. The monoisotopic (exact) mass is 381 g/mol. The second-order valence-electron chi connectivity index (χ2n) is 6.80. The molecule has 1 aromatic heterocycles. The first kappa shape index (κ1) is 19.9. The van der Waals surface area contributed by atoms with Gasteiger partial charge in [0.25, 0.3) is 0 Å². The maximum Gasteiger partial charge on any atom is 0.302 e. The van der Waals surface area contributed by atoms with Crippen LogP contribution in [0.1, 0.15) is 19.4 Å². The Morgan fingerprint density at radius 2 is 2.14 bits per heavy atom. The van der Waals surface area contributed by atoms with Crippen LogP contribution in [0.15, 0.2) is 36.9 Å². The van der Waals surface area contributed by atoms with Crippen molar-refractivity contribution in [1.82, 2.24) is 9.78 Å². The Hall–Kier alpha value is -2.86. The SMILES string of the molecule is C=C/C=c1/c(N2CCOC(COC(C)=O)C2)nn(-c2ccc(C)cc2)/c1=C/C. The number of allylic oxidation sites excluding steroid dienone is 1. The molecule has 2 aromatic rings. The molecule has 3 rings (SSSR count). The van der Waals surface area contributed by atoms with E-state index in [4.69, 9.17) is 14.6 Å². The molecule has 1 aromatic carbocycles. The third kappa shape index (κ3) is 4.34. The van der Waals surface area contributed by atoms with Crippen LogP contribution in [0.4, 0.5) is 5.82 Å². The van der Waals surface area contributed by atoms with Gasteiger partial charge in [-0.1, -0.05) is 36.4 Å². The molecule has 1 unspecified atom stereocenters. The van der Waals surface area contributed by atoms with Gasteiger partial charge < -0.3 is 14.4 Å². The summed E-state index contributed by atoms with van der Waals surface area (Å²) in [6, 6.07) is 8.30. The lowest BCUT2D eigenvalue weighted by molar-refractivity contribution is -0.145. The normalized spacial score (nSPS) is 18.4. The molecule has 6 nitrogen and oxygen atoms in total. The Balaban J connectivity index is 2.01. The van der Waals surface area contributed by atoms with Gasteiger partial charge in [-0.25, -0.2) is 4.68 Å². The van der Waals surface area contributed by atoms with Crippen molar-refractivity contribution in [2.24, 2.45) is 0 Å². The molecule has 0 spiro atoms. The minimum absolute atomic E-state index is 0.173. The Morgan fingerprint density at radius 3 is 2.79 bits per heavy atom. The number of ether oxygens (including phenoxy) is 2. The van der Waals surface area contributed by atoms with Gasteiger partial charge in [-0.15, -0.1) is 5.10 Å². The van der Waals surface area contributed by atoms with Crippen LogP contribution < -0.4 is 15.5 Å². The lowest BCUT2D eigenvalue weighted by atomic mass is 10.2. The summed E-state index contributed by atoms with van der Waals surface area (Å²) in [6.45, 7) is 11.5. The lowest BCUT2D eigenvalue weighted by Crippen LogP contribution is -2.47. The van der Waals surface area contributed by atoms with Gasteiger partial charge in [0.1, 0.15) is 12.7 Å². The highest BCUT2D eigenvalue weighted by Gasteiger charge is 2.24. The van der Waals surface area contributed by atoms with E-state index in [-0.39, 0.29) is 18.7 Å². The highest BCUT2D eigenvalue weighted by molar-refractivity contribution is 5.65. The molecular formula is C22H27N3O3. The average Bonchev–Trinajstić information content (AvgIpc) is 3.06. The van der Waals surface area contributed by atoms with Crippen molar-refractivity contribution in [1.29, 1.82) is 0 Å². The van der Waals surface area contributed by atoms with Crippen molar-refractivity contribution in [2.45, 2.75) is 26.9 Å². The van der Waals surface area contributed by atoms with Crippen LogP contribution in [0.3, 0.4) is 0 Å². The fourth-order valence-electron chi connectivity index (χ4n) is 3.33. The van der Waals surface area contributed by atoms with E-state index in [1.54, 1.807) is 6.08 Å². The molecule has 0 N–H and O–H groups in total. The number of carbonyl (C=O) groups is 1. The maximum absolute atomic E-state index is 11.1. The number of hydrogen-bond donors (Lipinski definition) is 0. The maximum atomic E-state index is 11.1. The van der Waals surface area contributed by atoms with Crippen molar-refractivity contribution < 1.29 is 14.3 Å². The molecule has 148 valence electrons. The number of anilines is 1. The first-order chi connectivity index (χ1) is 13.5. The van der Waals surface area contributed by atoms with Crippen LogP contribution in [0.2, 0.25) is 0 Å². The summed E-state index contributed by atoms with van der Waals surface area (Å²) in [4.78, 5) is 13.3. The molecule has 28 heavy (non-hydrogen) atoms. The zero-order chi connectivity index (χ0) is 20.1. The predicted octanol–water partition coefficient (Wildman–Crippen LogP) is 1.72. The molecule has 0 bridgehead atoms. The van der Waals surface area contributed by atoms with Gasteiger partial charge in [-0.05, 0) is 32.1 Å². The van der Waals surface area contributed by atoms with E-state index in [9.17, 15) is 4.79 Å². The number of aryl methyl sites for hydroxylation is 1. The Bertz CT molecular complexity index is 960. The predicted molar refractivity (Wildman–Crippen MR) is 111 cm³/mol. The van der Waals surface area contributed by atoms with Crippen LogP contribution in [0.25, 0.3) is 17.8 Å². The zero-order valence-electron chi connectivity index (χ0n) is 16.7. The molecule has 0 amide bonds. The van der Waals surface area contributed by atoms with E-state index in [0.717, 1.165) is 28.6 Å². The second kappa shape index (κ2) is 8.89. The van der Waals surface area contributed by atoms with Crippen molar-refractivity contribution >= 4 is 23.9 Å². The Kier molecular flexibility index (Phi) is 6.31. The fourth-order valence-corrected chi connectivity index (χ4v) is 3.33. The van der Waals surface area contributed by atoms with E-state index < -0.39 is 0 Å². The van der Waals surface area contributed by atoms with Crippen molar-refractivity contribution in [2.75, 3.05) is 31.2 Å². The summed E-state index contributed by atoms with van der Waals surface area (Å²) in [5.41, 5.74) is 2.21. The highest BCUT2D eigenvalue weighted by Crippen LogP contribution is 2.13. The van der Waals surface area contributed by atoms with Crippen LogP contribution in [0, 0.1) is 6.92 Å². The van der Waals surface area contributed by atoms with Gasteiger partial charge in [0.05, 0.1) is 17.6 Å². The number of hydrogen-bond acceptors (Lipinski definition) is 5. The van der Waals surface area contributed by atoms with E-state index in [1.165, 1.54) is 12.5 Å². The van der Waals surface area contributed by atoms with E-state index in [0.29, 0.717) is 13.2 Å². The number of morpholine rings is 1. The quantitative estimate of drug-likeness (QED) is 0.738. The van der Waals surface area contributed by atoms with Gasteiger partial charge in [-0.3, -0.25) is 4.79 Å². The molecule has 0 radical (unpaired) electrons. The first-order valence-corrected chi connectivity index (χ1v) is 9.48. The van der Waals surface area contributed by atoms with Gasteiger partial charge in [0.2, 0.25) is 0 Å². The average molecular weight is 381 g/mol. The summed E-state index contributed by atoms with van der Waals surface area (Å²) in [6.07, 6.45) is 5.65. The highest BCUT2D eigenvalue weighted by atomic mass is 16.6. The molecule has 0 saturated carbocycles. The fraction of sp³-hybridized carbons (Fsp3) is 0.364. The minimum Gasteiger partial charge on any atom is -0.463 e. The summed E-state index contributed by atoms with van der Waals surface area (Å²) in [5, 5.41) is 6.96. The van der Waals surface area contributed by atoms with Crippen molar-refractivity contribution in [3.63, 3.8) is 0 Å². The van der Waals surface area contributed by atoms with Gasteiger partial charge >= 0.3 is 5.97 Å². The molecule has 1 aliphatic rings. The summed E-state index contributed by atoms with van der Waals surface area (Å²) >= 11 is 0. The molecular weight excluding hydrogens is 354 g/mol. The van der Waals surface area contributed by atoms with Crippen molar-refractivity contribution in [3.05, 3.63) is 53.1 Å². The standard InChI is InChI=1S/C22H27N3O3/c1-5-7-20-21(6-2)25(18-10-8-16(3)9-11-18)23-22(20)24-12-13-27-19(14-24)15-28-17(4)26/h5-11,19H,1,12-15H2,2-4H3/b20-7+,21-6+. The van der Waals surface area contributed by atoms with E-state index in [2.05, 4.69) is 48.7 Å². The Labute approximate surface area is 165 Å². The van der Waals surface area contributed by atoms with Crippen molar-refractivity contribution in [3.8, 4) is 5.69 Å². The third-order valence-electron chi connectivity index (χ3n) is 4.69. The van der Waals surface area contributed by atoms with Gasteiger partial charge in [0.15, 0.2) is 5.82 Å². The molecule has 1 atom stereocenters. The molecule has 0 aliphatic carbocycles. The minimum atomic E-state index is -0.298. The summed E-state index contributed by atoms with van der Waals surface area (Å²) in [7, 11) is 0. The van der Waals surface area contributed by atoms with Crippen LogP contribution in [-0.4, -0.2) is 48.2 Å². The number of aromatic nitrogens is 2. The van der Waals surface area contributed by atoms with Gasteiger partial charge in [0, 0.05) is 25.2 Å². The number of nitrogens with zero attached hydrogens (tertiary/aromatic N) is 3. The van der Waals surface area contributed by atoms with E-state index in [1.807, 2.05) is 17.7 Å². The zero-order valence-corrected chi connectivity index (χ0v) is 16.7. The van der Waals surface area contributed by atoms with Gasteiger partial charge in [-0.2, -0.15) is 0 Å². The lowest BCUT2D eigenvalue weighted by Gasteiger charge is -2.32. The molecule has 1 aliphatic heterocycles. The van der Waals surface area contributed by atoms with E-state index >= 15 is 0 Å². The van der Waals surface area contributed by atoms with Crippen LogP contribution >= 0.6 is 0 Å². The summed E-state index contributed by atoms with van der Waals surface area (Å²) in [5.74, 6) is 0.581. The topological polar surface area (TPSA) is 56.6 Å². The third-order valence-corrected chi connectivity index (χ3v) is 4.69. The number of esters is 1.